The van der Waals surface area contributed by atoms with Gasteiger partial charge in [-0.1, -0.05) is 0 Å². The summed E-state index contributed by atoms with van der Waals surface area (Å²) in [6, 6.07) is 18.2. The van der Waals surface area contributed by atoms with Gasteiger partial charge >= 0.3 is 0 Å². The molecule has 18 nitrogen and oxygen atoms in total. The Morgan fingerprint density at radius 2 is 1.56 bits per heavy atom. The minimum Gasteiger partial charge on any atom is -0.497 e. The van der Waals surface area contributed by atoms with Gasteiger partial charge in [0.2, 0.25) is 0 Å². The maximum absolute atomic E-state index is 10.1. The number of benzene rings is 2. The molecule has 0 aliphatic rings. The monoisotopic (exact) mass is 826 g/mol. The number of pyridine rings is 2. The average molecular weight is 827 g/mol. The summed E-state index contributed by atoms with van der Waals surface area (Å²) in [6.45, 7) is 0.888. The zero-order valence-corrected chi connectivity index (χ0v) is 34.2. The second-order valence-corrected chi connectivity index (χ2v) is 13.6. The summed E-state index contributed by atoms with van der Waals surface area (Å²) < 4.78 is 27.2. The maximum atomic E-state index is 10.1. The fourth-order valence-corrected chi connectivity index (χ4v) is 6.54. The molecule has 0 aliphatic carbocycles. The number of aryl methyl sites for hydroxylation is 2. The molecule has 0 saturated carbocycles. The highest BCUT2D eigenvalue weighted by molar-refractivity contribution is 5.89. The molecule has 5 heterocycles. The summed E-state index contributed by atoms with van der Waals surface area (Å²) in [5, 5.41) is 31.9. The molecular weight excluding hydrogens is 781 g/mol. The molecule has 314 valence electrons. The van der Waals surface area contributed by atoms with Crippen molar-refractivity contribution in [1.29, 1.82) is 5.41 Å². The average Bonchev–Trinajstić information content (AvgIpc) is 3.73. The molecule has 0 saturated heterocycles. The van der Waals surface area contributed by atoms with Crippen molar-refractivity contribution >= 4 is 51.9 Å². The number of methoxy groups -OCH3 is 2. The molecule has 1 atom stereocenters. The largest absolute Gasteiger partial charge is 0.497 e. The molecular formula is C43H46N12O6. The number of fused-ring (bicyclic) bond motifs is 2. The van der Waals surface area contributed by atoms with Gasteiger partial charge < -0.3 is 44.0 Å². The third kappa shape index (κ3) is 9.94. The molecule has 7 aromatic rings. The Morgan fingerprint density at radius 3 is 2.26 bits per heavy atom. The van der Waals surface area contributed by atoms with E-state index in [9.17, 15) is 10.2 Å². The third-order valence-electron chi connectivity index (χ3n) is 9.46. The zero-order chi connectivity index (χ0) is 42.7. The maximum Gasteiger partial charge on any atom is 0.180 e. The predicted octanol–water partition coefficient (Wildman–Crippen LogP) is 4.82. The smallest absolute Gasteiger partial charge is 0.180 e. The van der Waals surface area contributed by atoms with Gasteiger partial charge in [0.15, 0.2) is 11.3 Å². The molecule has 1 unspecified atom stereocenters. The SMILES string of the molecule is CN=CC(C=N)c1cnc2ccc(N(CCO)c3cc(OC)cc(OCCOc4cc(N=c5ccc6ncc(-c7cnn(C)c7)nc6n5CCCO)cc(OC)c4)c3)nc2n1. The Hall–Kier alpha value is -7.31. The molecule has 2 aromatic carbocycles. The number of aliphatic hydroxyl groups is 2. The Morgan fingerprint density at radius 1 is 0.836 bits per heavy atom. The van der Waals surface area contributed by atoms with Crippen molar-refractivity contribution in [3.8, 4) is 34.3 Å². The summed E-state index contributed by atoms with van der Waals surface area (Å²) in [5.41, 5.74) is 6.20. The van der Waals surface area contributed by atoms with Gasteiger partial charge in [-0.05, 0) is 30.7 Å². The highest BCUT2D eigenvalue weighted by atomic mass is 16.5. The number of aromatic nitrogens is 8. The minimum absolute atomic E-state index is 0.00248. The second-order valence-electron chi connectivity index (χ2n) is 13.6. The summed E-state index contributed by atoms with van der Waals surface area (Å²) in [7, 11) is 6.63. The number of ether oxygens (including phenoxy) is 4. The van der Waals surface area contributed by atoms with E-state index in [1.54, 1.807) is 69.0 Å². The summed E-state index contributed by atoms with van der Waals surface area (Å²) in [4.78, 5) is 34.3. The van der Waals surface area contributed by atoms with Crippen LogP contribution >= 0.6 is 0 Å². The van der Waals surface area contributed by atoms with E-state index in [1.807, 2.05) is 65.2 Å². The number of hydrogen-bond donors (Lipinski definition) is 3. The van der Waals surface area contributed by atoms with Crippen LogP contribution in [0.15, 0.2) is 95.4 Å². The summed E-state index contributed by atoms with van der Waals surface area (Å²) in [6.07, 6.45) is 10.3. The van der Waals surface area contributed by atoms with Gasteiger partial charge in [0.25, 0.3) is 0 Å². The molecule has 0 aliphatic heterocycles. The van der Waals surface area contributed by atoms with Crippen LogP contribution in [0, 0.1) is 5.41 Å². The Labute approximate surface area is 351 Å². The van der Waals surface area contributed by atoms with E-state index in [4.69, 9.17) is 39.3 Å². The van der Waals surface area contributed by atoms with Crippen molar-refractivity contribution in [2.75, 3.05) is 59.1 Å². The first-order valence-corrected chi connectivity index (χ1v) is 19.4. The molecule has 5 aromatic heterocycles. The van der Waals surface area contributed by atoms with Crippen molar-refractivity contribution in [2.24, 2.45) is 17.0 Å². The number of aliphatic hydroxyl groups excluding tert-OH is 2. The van der Waals surface area contributed by atoms with E-state index in [0.29, 0.717) is 92.4 Å². The van der Waals surface area contributed by atoms with Crippen LogP contribution in [0.25, 0.3) is 33.6 Å². The lowest BCUT2D eigenvalue weighted by Crippen LogP contribution is -2.22. The zero-order valence-electron chi connectivity index (χ0n) is 34.2. The van der Waals surface area contributed by atoms with Crippen LogP contribution in [0.4, 0.5) is 17.2 Å². The van der Waals surface area contributed by atoms with Crippen molar-refractivity contribution in [3.63, 3.8) is 0 Å². The molecule has 61 heavy (non-hydrogen) atoms. The lowest BCUT2D eigenvalue weighted by molar-refractivity contribution is 0.216. The first kappa shape index (κ1) is 41.8. The van der Waals surface area contributed by atoms with Crippen LogP contribution in [0.5, 0.6) is 23.0 Å². The van der Waals surface area contributed by atoms with Crippen molar-refractivity contribution < 1.29 is 29.2 Å². The molecule has 7 rings (SSSR count). The Balaban J connectivity index is 1.10. The third-order valence-corrected chi connectivity index (χ3v) is 9.46. The molecule has 0 fully saturated rings. The van der Waals surface area contributed by atoms with Gasteiger partial charge in [-0.2, -0.15) is 5.10 Å². The number of hydrogen-bond acceptors (Lipinski definition) is 16. The molecule has 0 bridgehead atoms. The van der Waals surface area contributed by atoms with Crippen LogP contribution in [0.2, 0.25) is 0 Å². The van der Waals surface area contributed by atoms with Crippen molar-refractivity contribution in [2.45, 2.75) is 18.9 Å². The molecule has 3 N–H and O–H groups in total. The Bertz CT molecular complexity index is 2740. The summed E-state index contributed by atoms with van der Waals surface area (Å²) in [5.74, 6) is 2.21. The van der Waals surface area contributed by atoms with E-state index >= 15 is 0 Å². The van der Waals surface area contributed by atoms with Crippen molar-refractivity contribution in [1.82, 2.24) is 39.3 Å². The van der Waals surface area contributed by atoms with E-state index in [2.05, 4.69) is 25.0 Å². The fourth-order valence-electron chi connectivity index (χ4n) is 6.54. The first-order valence-electron chi connectivity index (χ1n) is 19.4. The Kier molecular flexibility index (Phi) is 13.5. The van der Waals surface area contributed by atoms with Gasteiger partial charge in [-0.15, -0.1) is 0 Å². The van der Waals surface area contributed by atoms with Gasteiger partial charge in [-0.3, -0.25) is 19.6 Å². The molecule has 0 spiro atoms. The van der Waals surface area contributed by atoms with E-state index in [1.165, 1.54) is 6.21 Å². The lowest BCUT2D eigenvalue weighted by atomic mass is 10.1. The van der Waals surface area contributed by atoms with Crippen molar-refractivity contribution in [3.05, 3.63) is 96.6 Å². The predicted molar refractivity (Wildman–Crippen MR) is 231 cm³/mol. The normalized spacial score (nSPS) is 12.3. The number of nitrogens with zero attached hydrogens (tertiary/aromatic N) is 11. The number of aliphatic imine (C=N–C) groups is 1. The highest BCUT2D eigenvalue weighted by Crippen LogP contribution is 2.33. The quantitative estimate of drug-likeness (QED) is 0.0737. The van der Waals surface area contributed by atoms with Crippen LogP contribution in [-0.2, 0) is 13.6 Å². The summed E-state index contributed by atoms with van der Waals surface area (Å²) >= 11 is 0. The highest BCUT2D eigenvalue weighted by Gasteiger charge is 2.17. The molecule has 0 amide bonds. The van der Waals surface area contributed by atoms with Crippen LogP contribution in [0.1, 0.15) is 18.0 Å². The minimum atomic E-state index is -0.432. The molecule has 18 heteroatoms. The number of anilines is 2. The second kappa shape index (κ2) is 19.6. The van der Waals surface area contributed by atoms with Crippen LogP contribution in [-0.4, -0.2) is 116 Å². The fraction of sp³-hybridized carbons (Fsp3) is 0.279. The topological polar surface area (TPSA) is 216 Å². The van der Waals surface area contributed by atoms with Gasteiger partial charge in [0.1, 0.15) is 58.6 Å². The van der Waals surface area contributed by atoms with E-state index in [0.717, 1.165) is 5.56 Å². The van der Waals surface area contributed by atoms with Crippen LogP contribution in [0.3, 0.4) is 0 Å². The number of nitrogens with one attached hydrogen (secondary N) is 1. The standard InChI is InChI=1S/C43H46N12O6/c1-45-23-28(22-44)38-25-46-36-6-8-41(52-42(36)50-38)54(11-13-57)31-18-33(59-4)21-35(19-31)61-15-14-60-34-17-30(16-32(20-34)58-3)49-40-9-7-37-43(55(40)10-5-12-56)51-39(26-47-37)29-24-48-53(2)27-29/h6-9,16-28,44,56-57H,5,10-15H2,1-4H3. The first-order chi connectivity index (χ1) is 29.8. The van der Waals surface area contributed by atoms with Gasteiger partial charge in [0, 0.05) is 100 Å². The van der Waals surface area contributed by atoms with E-state index < -0.39 is 5.92 Å². The number of rotatable bonds is 19. The molecule has 0 radical (unpaired) electrons. The van der Waals surface area contributed by atoms with Gasteiger partial charge in [-0.25, -0.2) is 19.9 Å². The van der Waals surface area contributed by atoms with Crippen LogP contribution < -0.4 is 29.3 Å². The van der Waals surface area contributed by atoms with Gasteiger partial charge in [0.05, 0.1) is 62.4 Å². The van der Waals surface area contributed by atoms with E-state index in [-0.39, 0.29) is 33.0 Å². The lowest BCUT2D eigenvalue weighted by Gasteiger charge is -2.24.